The number of amides is 1. The number of fused-ring (bicyclic) bond motifs is 1. The smallest absolute Gasteiger partial charge is 0.231 e. The Hall–Kier alpha value is -2.34. The lowest BCUT2D eigenvalue weighted by Gasteiger charge is -2.38. The van der Waals surface area contributed by atoms with E-state index < -0.39 is 0 Å². The van der Waals surface area contributed by atoms with Gasteiger partial charge in [-0.25, -0.2) is 4.98 Å². The number of piperazine rings is 1. The predicted octanol–water partition coefficient (Wildman–Crippen LogP) is 1.46. The summed E-state index contributed by atoms with van der Waals surface area (Å²) in [4.78, 5) is 19.8. The Balaban J connectivity index is 1.64. The number of nitrogens with zero attached hydrogens (tertiary/aromatic N) is 3. The number of hydrogen-bond donors (Lipinski definition) is 1. The second kappa shape index (κ2) is 6.28. The van der Waals surface area contributed by atoms with Crippen LogP contribution in [-0.2, 0) is 11.8 Å². The fourth-order valence-corrected chi connectivity index (χ4v) is 3.70. The van der Waals surface area contributed by atoms with Crippen LogP contribution in [0.3, 0.4) is 0 Å². The minimum Gasteiger partial charge on any atom is -0.493 e. The second-order valence-electron chi connectivity index (χ2n) is 6.38. The summed E-state index contributed by atoms with van der Waals surface area (Å²) in [6.45, 7) is 2.85. The highest BCUT2D eigenvalue weighted by atomic mass is 16.5. The monoisotopic (exact) mass is 326 g/mol. The van der Waals surface area contributed by atoms with E-state index in [0.29, 0.717) is 13.2 Å². The fourth-order valence-electron chi connectivity index (χ4n) is 3.70. The summed E-state index contributed by atoms with van der Waals surface area (Å²) in [6.07, 6.45) is 4.44. The van der Waals surface area contributed by atoms with Crippen LogP contribution in [-0.4, -0.2) is 46.6 Å². The van der Waals surface area contributed by atoms with Crippen LogP contribution in [0, 0.1) is 0 Å². The Bertz CT molecular complexity index is 742. The minimum absolute atomic E-state index is 0.0266. The van der Waals surface area contributed by atoms with Crippen LogP contribution in [0.1, 0.15) is 29.8 Å². The molecule has 0 spiro atoms. The van der Waals surface area contributed by atoms with Gasteiger partial charge in [-0.05, 0) is 12.5 Å². The van der Waals surface area contributed by atoms with Crippen molar-refractivity contribution >= 4 is 5.91 Å². The Morgan fingerprint density at radius 3 is 3.08 bits per heavy atom. The van der Waals surface area contributed by atoms with Gasteiger partial charge in [0.1, 0.15) is 17.6 Å². The SMILES string of the molecule is Cn1ccnc1C1CNCCN1C(=O)C1CCOc2ccccc21. The molecule has 126 valence electrons. The number of benzene rings is 1. The molecule has 1 saturated heterocycles. The summed E-state index contributed by atoms with van der Waals surface area (Å²) in [5, 5.41) is 3.39. The highest BCUT2D eigenvalue weighted by molar-refractivity contribution is 5.85. The molecule has 2 unspecified atom stereocenters. The quantitative estimate of drug-likeness (QED) is 0.908. The molecule has 1 aromatic carbocycles. The Morgan fingerprint density at radius 1 is 1.38 bits per heavy atom. The van der Waals surface area contributed by atoms with Crippen LogP contribution in [0.5, 0.6) is 5.75 Å². The molecule has 2 atom stereocenters. The average Bonchev–Trinajstić information content (AvgIpc) is 3.06. The number of carbonyl (C=O) groups excluding carboxylic acids is 1. The number of hydrogen-bond acceptors (Lipinski definition) is 4. The van der Waals surface area contributed by atoms with Crippen molar-refractivity contribution in [1.29, 1.82) is 0 Å². The van der Waals surface area contributed by atoms with Gasteiger partial charge in [-0.3, -0.25) is 4.79 Å². The Morgan fingerprint density at radius 2 is 2.25 bits per heavy atom. The van der Waals surface area contributed by atoms with Gasteiger partial charge in [0.25, 0.3) is 0 Å². The average molecular weight is 326 g/mol. The molecule has 24 heavy (non-hydrogen) atoms. The van der Waals surface area contributed by atoms with Crippen molar-refractivity contribution in [2.45, 2.75) is 18.4 Å². The predicted molar refractivity (Wildman–Crippen MR) is 89.8 cm³/mol. The molecule has 4 rings (SSSR count). The van der Waals surface area contributed by atoms with Gasteiger partial charge in [0.15, 0.2) is 0 Å². The van der Waals surface area contributed by atoms with Crippen LogP contribution >= 0.6 is 0 Å². The van der Waals surface area contributed by atoms with Crippen molar-refractivity contribution in [1.82, 2.24) is 19.8 Å². The van der Waals surface area contributed by atoms with E-state index in [2.05, 4.69) is 10.3 Å². The lowest BCUT2D eigenvalue weighted by Crippen LogP contribution is -2.51. The zero-order valence-corrected chi connectivity index (χ0v) is 13.8. The van der Waals surface area contributed by atoms with E-state index in [9.17, 15) is 4.79 Å². The number of aryl methyl sites for hydroxylation is 1. The first-order valence-corrected chi connectivity index (χ1v) is 8.46. The number of para-hydroxylation sites is 1. The number of ether oxygens (including phenoxy) is 1. The Kier molecular flexibility index (Phi) is 3.98. The molecular formula is C18H22N4O2. The zero-order chi connectivity index (χ0) is 16.5. The van der Waals surface area contributed by atoms with E-state index in [1.165, 1.54) is 0 Å². The van der Waals surface area contributed by atoms with Gasteiger partial charge in [0, 0.05) is 44.6 Å². The van der Waals surface area contributed by atoms with Gasteiger partial charge >= 0.3 is 0 Å². The summed E-state index contributed by atoms with van der Waals surface area (Å²) >= 11 is 0. The highest BCUT2D eigenvalue weighted by Crippen LogP contribution is 2.36. The molecule has 2 aliphatic heterocycles. The van der Waals surface area contributed by atoms with Crippen molar-refractivity contribution in [3.8, 4) is 5.75 Å². The van der Waals surface area contributed by atoms with Crippen LogP contribution in [0.4, 0.5) is 0 Å². The first-order chi connectivity index (χ1) is 11.8. The largest absolute Gasteiger partial charge is 0.493 e. The number of carbonyl (C=O) groups is 1. The third kappa shape index (κ3) is 2.57. The number of nitrogens with one attached hydrogen (secondary N) is 1. The van der Waals surface area contributed by atoms with Gasteiger partial charge in [-0.15, -0.1) is 0 Å². The maximum absolute atomic E-state index is 13.3. The standard InChI is InChI=1S/C18H22N4O2/c1-21-9-8-20-17(21)15-12-19-7-10-22(15)18(23)14-6-11-24-16-5-3-2-4-13(14)16/h2-5,8-9,14-15,19H,6-7,10-12H2,1H3. The third-order valence-corrected chi connectivity index (χ3v) is 4.94. The van der Waals surface area contributed by atoms with E-state index in [-0.39, 0.29) is 17.9 Å². The first kappa shape index (κ1) is 15.2. The van der Waals surface area contributed by atoms with Gasteiger partial charge in [-0.1, -0.05) is 18.2 Å². The van der Waals surface area contributed by atoms with Crippen molar-refractivity contribution in [3.63, 3.8) is 0 Å². The molecule has 0 radical (unpaired) electrons. The first-order valence-electron chi connectivity index (χ1n) is 8.46. The molecule has 2 aromatic rings. The summed E-state index contributed by atoms with van der Waals surface area (Å²) < 4.78 is 7.71. The van der Waals surface area contributed by atoms with E-state index in [4.69, 9.17) is 4.74 Å². The van der Waals surface area contributed by atoms with Crippen LogP contribution in [0.15, 0.2) is 36.7 Å². The van der Waals surface area contributed by atoms with E-state index >= 15 is 0 Å². The fraction of sp³-hybridized carbons (Fsp3) is 0.444. The van der Waals surface area contributed by atoms with Crippen molar-refractivity contribution < 1.29 is 9.53 Å². The van der Waals surface area contributed by atoms with Gasteiger partial charge in [-0.2, -0.15) is 0 Å². The molecule has 0 bridgehead atoms. The molecular weight excluding hydrogens is 304 g/mol. The molecule has 1 N–H and O–H groups in total. The number of aromatic nitrogens is 2. The molecule has 1 amide bonds. The van der Waals surface area contributed by atoms with Crippen LogP contribution in [0.2, 0.25) is 0 Å². The third-order valence-electron chi connectivity index (χ3n) is 4.94. The van der Waals surface area contributed by atoms with E-state index in [1.807, 2.05) is 47.0 Å². The summed E-state index contributed by atoms with van der Waals surface area (Å²) in [5.41, 5.74) is 1.01. The number of rotatable bonds is 2. The van der Waals surface area contributed by atoms with Crippen LogP contribution in [0.25, 0.3) is 0 Å². The minimum atomic E-state index is -0.129. The topological polar surface area (TPSA) is 59.4 Å². The van der Waals surface area contributed by atoms with E-state index in [1.54, 1.807) is 6.20 Å². The van der Waals surface area contributed by atoms with Gasteiger partial charge in [0.2, 0.25) is 5.91 Å². The number of imidazole rings is 1. The molecule has 1 aromatic heterocycles. The summed E-state index contributed by atoms with van der Waals surface area (Å²) in [7, 11) is 1.98. The van der Waals surface area contributed by atoms with Crippen molar-refractivity contribution in [2.24, 2.45) is 7.05 Å². The zero-order valence-electron chi connectivity index (χ0n) is 13.8. The molecule has 6 heteroatoms. The van der Waals surface area contributed by atoms with Gasteiger partial charge < -0.3 is 19.5 Å². The van der Waals surface area contributed by atoms with Crippen molar-refractivity contribution in [3.05, 3.63) is 48.0 Å². The second-order valence-corrected chi connectivity index (χ2v) is 6.38. The van der Waals surface area contributed by atoms with E-state index in [0.717, 1.165) is 36.6 Å². The molecule has 1 fully saturated rings. The molecule has 0 aliphatic carbocycles. The van der Waals surface area contributed by atoms with Gasteiger partial charge in [0.05, 0.1) is 12.5 Å². The molecule has 2 aliphatic rings. The maximum atomic E-state index is 13.3. The molecule has 3 heterocycles. The molecule has 6 nitrogen and oxygen atoms in total. The highest BCUT2D eigenvalue weighted by Gasteiger charge is 2.36. The molecule has 0 saturated carbocycles. The van der Waals surface area contributed by atoms with Crippen molar-refractivity contribution in [2.75, 3.05) is 26.2 Å². The van der Waals surface area contributed by atoms with Crippen LogP contribution < -0.4 is 10.1 Å². The Labute approximate surface area is 141 Å². The maximum Gasteiger partial charge on any atom is 0.231 e. The summed E-state index contributed by atoms with van der Waals surface area (Å²) in [6, 6.07) is 7.86. The lowest BCUT2D eigenvalue weighted by molar-refractivity contribution is -0.137. The summed E-state index contributed by atoms with van der Waals surface area (Å²) in [5.74, 6) is 1.82. The lowest BCUT2D eigenvalue weighted by atomic mass is 9.91. The normalized spacial score (nSPS) is 23.5.